The Bertz CT molecular complexity index is 1210. The fraction of sp³-hybridized carbons (Fsp3) is 0.125. The van der Waals surface area contributed by atoms with Crippen LogP contribution >= 0.6 is 23.2 Å². The molecule has 0 atom stereocenters. The summed E-state index contributed by atoms with van der Waals surface area (Å²) in [5.41, 5.74) is 2.71. The molecule has 0 spiro atoms. The van der Waals surface area contributed by atoms with Gasteiger partial charge in [0, 0.05) is 12.1 Å². The smallest absolute Gasteiger partial charge is 0.322 e. The van der Waals surface area contributed by atoms with Gasteiger partial charge in [-0.25, -0.2) is 0 Å². The zero-order valence-electron chi connectivity index (χ0n) is 17.4. The minimum Gasteiger partial charge on any atom is -0.489 e. The van der Waals surface area contributed by atoms with E-state index in [-0.39, 0.29) is 18.5 Å². The second kappa shape index (κ2) is 11.0. The third-order valence-corrected chi connectivity index (χ3v) is 5.36. The van der Waals surface area contributed by atoms with Gasteiger partial charge in [-0.2, -0.15) is 0 Å². The molecule has 3 aromatic carbocycles. The highest BCUT2D eigenvalue weighted by atomic mass is 35.5. The van der Waals surface area contributed by atoms with Gasteiger partial charge >= 0.3 is 6.01 Å². The average molecular weight is 483 g/mol. The number of ether oxygens (including phenoxy) is 1. The molecule has 0 aliphatic rings. The van der Waals surface area contributed by atoms with Crippen molar-refractivity contribution in [2.24, 2.45) is 0 Å². The van der Waals surface area contributed by atoms with Gasteiger partial charge in [-0.05, 0) is 47.5 Å². The quantitative estimate of drug-likeness (QED) is 0.334. The SMILES string of the molecule is O=C(CNCc1ccc(Cl)c(Cl)c1)Nc1nnc(-c2ccc(OCc3ccccc3)cc2)o1. The number of nitrogens with zero attached hydrogens (tertiary/aromatic N) is 2. The summed E-state index contributed by atoms with van der Waals surface area (Å²) in [5.74, 6) is 0.710. The van der Waals surface area contributed by atoms with Crippen molar-refractivity contribution in [2.75, 3.05) is 11.9 Å². The molecule has 2 N–H and O–H groups in total. The van der Waals surface area contributed by atoms with Crippen LogP contribution in [0.4, 0.5) is 6.01 Å². The van der Waals surface area contributed by atoms with Crippen LogP contribution in [0.15, 0.2) is 77.2 Å². The number of carbonyl (C=O) groups is 1. The van der Waals surface area contributed by atoms with Gasteiger partial charge in [0.2, 0.25) is 11.8 Å². The first kappa shape index (κ1) is 22.8. The first-order valence-corrected chi connectivity index (χ1v) is 10.9. The molecule has 7 nitrogen and oxygen atoms in total. The van der Waals surface area contributed by atoms with Crippen LogP contribution in [-0.2, 0) is 17.9 Å². The summed E-state index contributed by atoms with van der Waals surface area (Å²) in [6.45, 7) is 1.000. The Balaban J connectivity index is 1.25. The van der Waals surface area contributed by atoms with Crippen molar-refractivity contribution >= 4 is 35.1 Å². The number of rotatable bonds is 9. The van der Waals surface area contributed by atoms with Crippen LogP contribution < -0.4 is 15.4 Å². The lowest BCUT2D eigenvalue weighted by molar-refractivity contribution is -0.115. The van der Waals surface area contributed by atoms with Gasteiger partial charge in [-0.3, -0.25) is 10.1 Å². The Morgan fingerprint density at radius 1 is 0.909 bits per heavy atom. The van der Waals surface area contributed by atoms with Gasteiger partial charge in [-0.1, -0.05) is 64.7 Å². The van der Waals surface area contributed by atoms with Crippen molar-refractivity contribution < 1.29 is 13.9 Å². The normalized spacial score (nSPS) is 10.7. The summed E-state index contributed by atoms with van der Waals surface area (Å²) in [4.78, 5) is 12.1. The number of amides is 1. The first-order chi connectivity index (χ1) is 16.1. The number of aromatic nitrogens is 2. The summed E-state index contributed by atoms with van der Waals surface area (Å²) in [7, 11) is 0. The molecule has 0 unspecified atom stereocenters. The average Bonchev–Trinajstić information content (AvgIpc) is 3.29. The van der Waals surface area contributed by atoms with Crippen LogP contribution in [0.3, 0.4) is 0 Å². The maximum atomic E-state index is 12.1. The fourth-order valence-corrected chi connectivity index (χ4v) is 3.28. The number of nitrogens with one attached hydrogen (secondary N) is 2. The molecule has 4 rings (SSSR count). The number of benzene rings is 3. The van der Waals surface area contributed by atoms with Crippen molar-refractivity contribution in [1.29, 1.82) is 0 Å². The molecular formula is C24H20Cl2N4O3. The molecule has 9 heteroatoms. The number of anilines is 1. The summed E-state index contributed by atoms with van der Waals surface area (Å²) >= 11 is 11.9. The predicted molar refractivity (Wildman–Crippen MR) is 127 cm³/mol. The Hall–Kier alpha value is -3.39. The van der Waals surface area contributed by atoms with E-state index in [0.717, 1.165) is 16.9 Å². The molecule has 1 aromatic heterocycles. The number of hydrogen-bond acceptors (Lipinski definition) is 6. The highest BCUT2D eigenvalue weighted by Gasteiger charge is 2.12. The molecular weight excluding hydrogens is 463 g/mol. The minimum atomic E-state index is -0.310. The zero-order chi connectivity index (χ0) is 23.0. The molecule has 33 heavy (non-hydrogen) atoms. The molecule has 1 amide bonds. The topological polar surface area (TPSA) is 89.3 Å². The van der Waals surface area contributed by atoms with E-state index >= 15 is 0 Å². The molecule has 0 bridgehead atoms. The van der Waals surface area contributed by atoms with Gasteiger partial charge in [0.1, 0.15) is 12.4 Å². The lowest BCUT2D eigenvalue weighted by Gasteiger charge is -2.06. The van der Waals surface area contributed by atoms with Gasteiger partial charge in [-0.15, -0.1) is 5.10 Å². The lowest BCUT2D eigenvalue weighted by Crippen LogP contribution is -2.27. The van der Waals surface area contributed by atoms with Crippen LogP contribution in [0.2, 0.25) is 10.0 Å². The molecule has 0 saturated carbocycles. The van der Waals surface area contributed by atoms with E-state index in [0.29, 0.717) is 34.7 Å². The molecule has 4 aromatic rings. The minimum absolute atomic E-state index is 0.0238. The molecule has 0 fully saturated rings. The molecule has 1 heterocycles. The summed E-state index contributed by atoms with van der Waals surface area (Å²) in [6.07, 6.45) is 0. The van der Waals surface area contributed by atoms with Crippen LogP contribution in [0.1, 0.15) is 11.1 Å². The highest BCUT2D eigenvalue weighted by molar-refractivity contribution is 6.42. The summed E-state index contributed by atoms with van der Waals surface area (Å²) < 4.78 is 11.3. The van der Waals surface area contributed by atoms with E-state index in [9.17, 15) is 4.79 Å². The zero-order valence-corrected chi connectivity index (χ0v) is 18.9. The lowest BCUT2D eigenvalue weighted by atomic mass is 10.2. The molecule has 0 aliphatic heterocycles. The predicted octanol–water partition coefficient (Wildman–Crippen LogP) is 5.35. The second-order valence-corrected chi connectivity index (χ2v) is 7.93. The van der Waals surface area contributed by atoms with Crippen molar-refractivity contribution in [1.82, 2.24) is 15.5 Å². The summed E-state index contributed by atoms with van der Waals surface area (Å²) in [5, 5.41) is 14.4. The van der Waals surface area contributed by atoms with E-state index in [4.69, 9.17) is 32.4 Å². The van der Waals surface area contributed by atoms with E-state index < -0.39 is 0 Å². The second-order valence-electron chi connectivity index (χ2n) is 7.11. The van der Waals surface area contributed by atoms with E-state index in [2.05, 4.69) is 20.8 Å². The van der Waals surface area contributed by atoms with E-state index in [1.807, 2.05) is 60.7 Å². The highest BCUT2D eigenvalue weighted by Crippen LogP contribution is 2.24. The van der Waals surface area contributed by atoms with Gasteiger partial charge < -0.3 is 14.5 Å². The first-order valence-electron chi connectivity index (χ1n) is 10.1. The maximum absolute atomic E-state index is 12.1. The third-order valence-electron chi connectivity index (χ3n) is 4.62. The standard InChI is InChI=1S/C24H20Cl2N4O3/c25-20-11-6-17(12-21(20)26)13-27-14-22(31)28-24-30-29-23(33-24)18-7-9-19(10-8-18)32-15-16-4-2-1-3-5-16/h1-12,27H,13-15H2,(H,28,30,31). The Morgan fingerprint density at radius 2 is 1.70 bits per heavy atom. The molecule has 0 aliphatic carbocycles. The number of halogens is 2. The Morgan fingerprint density at radius 3 is 2.45 bits per heavy atom. The van der Waals surface area contributed by atoms with Gasteiger partial charge in [0.25, 0.3) is 0 Å². The van der Waals surface area contributed by atoms with Crippen molar-refractivity contribution in [3.05, 3.63) is 94.0 Å². The summed E-state index contributed by atoms with van der Waals surface area (Å²) in [6, 6.07) is 22.5. The van der Waals surface area contributed by atoms with Crippen LogP contribution in [0, 0.1) is 0 Å². The van der Waals surface area contributed by atoms with Gasteiger partial charge in [0.05, 0.1) is 16.6 Å². The fourth-order valence-electron chi connectivity index (χ4n) is 2.96. The van der Waals surface area contributed by atoms with Gasteiger partial charge in [0.15, 0.2) is 0 Å². The number of carbonyl (C=O) groups excluding carboxylic acids is 1. The van der Waals surface area contributed by atoms with E-state index in [1.165, 1.54) is 0 Å². The Kier molecular flexibility index (Phi) is 7.57. The van der Waals surface area contributed by atoms with Crippen LogP contribution in [-0.4, -0.2) is 22.6 Å². The van der Waals surface area contributed by atoms with E-state index in [1.54, 1.807) is 12.1 Å². The largest absolute Gasteiger partial charge is 0.489 e. The van der Waals surface area contributed by atoms with Crippen molar-refractivity contribution in [2.45, 2.75) is 13.2 Å². The monoisotopic (exact) mass is 482 g/mol. The maximum Gasteiger partial charge on any atom is 0.322 e. The van der Waals surface area contributed by atoms with Crippen LogP contribution in [0.5, 0.6) is 5.75 Å². The van der Waals surface area contributed by atoms with Crippen LogP contribution in [0.25, 0.3) is 11.5 Å². The third kappa shape index (κ3) is 6.55. The number of hydrogen-bond donors (Lipinski definition) is 2. The molecule has 0 saturated heterocycles. The van der Waals surface area contributed by atoms with Crippen molar-refractivity contribution in [3.63, 3.8) is 0 Å². The Labute approximate surface area is 200 Å². The molecule has 0 radical (unpaired) electrons. The molecule has 168 valence electrons. The van der Waals surface area contributed by atoms with Crippen molar-refractivity contribution in [3.8, 4) is 17.2 Å².